The number of methoxy groups -OCH3 is 1. The number of ether oxygens (including phenoxy) is 2. The molecule has 0 bridgehead atoms. The Morgan fingerprint density at radius 3 is 2.89 bits per heavy atom. The molecule has 1 aromatic carbocycles. The minimum atomic E-state index is -0.595. The molecular weight excluding hydrogens is 239 g/mol. The first kappa shape index (κ1) is 14.4. The van der Waals surface area contributed by atoms with Crippen molar-refractivity contribution >= 4 is 11.6 Å². The summed E-state index contributed by atoms with van der Waals surface area (Å²) in [7, 11) is 1.58. The van der Waals surface area contributed by atoms with Gasteiger partial charge in [-0.05, 0) is 18.2 Å². The molecule has 100 valence electrons. The predicted molar refractivity (Wildman–Crippen MR) is 65.8 cm³/mol. The molecule has 0 unspecified atom stereocenters. The van der Waals surface area contributed by atoms with Gasteiger partial charge in [0.15, 0.2) is 0 Å². The molecule has 5 nitrogen and oxygen atoms in total. The normalized spacial score (nSPS) is 10.3. The zero-order valence-corrected chi connectivity index (χ0v) is 10.2. The summed E-state index contributed by atoms with van der Waals surface area (Å²) in [5.41, 5.74) is 5.77. The molecule has 0 spiro atoms. The maximum absolute atomic E-state index is 13.3. The minimum Gasteiger partial charge on any atom is -0.399 e. The second kappa shape index (κ2) is 7.62. The number of nitrogen functional groups attached to an aromatic ring is 1. The highest BCUT2D eigenvalue weighted by Gasteiger charge is 2.11. The van der Waals surface area contributed by atoms with Crippen molar-refractivity contribution in [1.82, 2.24) is 5.32 Å². The molecule has 0 fully saturated rings. The number of halogens is 1. The van der Waals surface area contributed by atoms with Crippen LogP contribution in [-0.4, -0.2) is 39.4 Å². The molecule has 0 heterocycles. The van der Waals surface area contributed by atoms with E-state index >= 15 is 0 Å². The van der Waals surface area contributed by atoms with Gasteiger partial charge in [0.05, 0.1) is 25.4 Å². The second-order valence-electron chi connectivity index (χ2n) is 3.60. The van der Waals surface area contributed by atoms with Gasteiger partial charge in [-0.2, -0.15) is 0 Å². The number of anilines is 1. The predicted octanol–water partition coefficient (Wildman–Crippen LogP) is 0.801. The molecular formula is C12H17FN2O3. The first-order valence-electron chi connectivity index (χ1n) is 5.55. The molecule has 18 heavy (non-hydrogen) atoms. The largest absolute Gasteiger partial charge is 0.399 e. The first-order chi connectivity index (χ1) is 8.65. The maximum atomic E-state index is 13.3. The Balaban J connectivity index is 2.34. The van der Waals surface area contributed by atoms with E-state index < -0.39 is 11.7 Å². The Labute approximate surface area is 105 Å². The number of amides is 1. The van der Waals surface area contributed by atoms with Crippen LogP contribution in [-0.2, 0) is 9.47 Å². The number of carbonyl (C=O) groups excluding carboxylic acids is 1. The van der Waals surface area contributed by atoms with E-state index in [4.69, 9.17) is 15.2 Å². The standard InChI is InChI=1S/C12H17FN2O3/c1-17-6-7-18-5-4-15-12(16)10-8-9(14)2-3-11(10)13/h2-3,8H,4-7,14H2,1H3,(H,15,16). The van der Waals surface area contributed by atoms with Gasteiger partial charge in [-0.15, -0.1) is 0 Å². The lowest BCUT2D eigenvalue weighted by Crippen LogP contribution is -2.28. The topological polar surface area (TPSA) is 73.6 Å². The van der Waals surface area contributed by atoms with Gasteiger partial charge in [0.25, 0.3) is 5.91 Å². The fourth-order valence-electron chi connectivity index (χ4n) is 1.29. The average Bonchev–Trinajstić information content (AvgIpc) is 2.36. The molecule has 0 saturated heterocycles. The molecule has 0 atom stereocenters. The SMILES string of the molecule is COCCOCCNC(=O)c1cc(N)ccc1F. The van der Waals surface area contributed by atoms with Crippen molar-refractivity contribution in [1.29, 1.82) is 0 Å². The second-order valence-corrected chi connectivity index (χ2v) is 3.60. The van der Waals surface area contributed by atoms with E-state index in [1.54, 1.807) is 7.11 Å². The van der Waals surface area contributed by atoms with Crippen molar-refractivity contribution in [2.24, 2.45) is 0 Å². The Morgan fingerprint density at radius 1 is 1.39 bits per heavy atom. The monoisotopic (exact) mass is 256 g/mol. The highest BCUT2D eigenvalue weighted by atomic mass is 19.1. The summed E-state index contributed by atoms with van der Waals surface area (Å²) in [5, 5.41) is 2.54. The molecule has 0 aromatic heterocycles. The third-order valence-corrected chi connectivity index (χ3v) is 2.20. The van der Waals surface area contributed by atoms with Crippen LogP contribution >= 0.6 is 0 Å². The van der Waals surface area contributed by atoms with Crippen LogP contribution in [0.15, 0.2) is 18.2 Å². The van der Waals surface area contributed by atoms with Gasteiger partial charge in [-0.25, -0.2) is 4.39 Å². The molecule has 6 heteroatoms. The van der Waals surface area contributed by atoms with Crippen molar-refractivity contribution in [3.05, 3.63) is 29.6 Å². The quantitative estimate of drug-likeness (QED) is 0.559. The van der Waals surface area contributed by atoms with Crippen LogP contribution < -0.4 is 11.1 Å². The fourth-order valence-corrected chi connectivity index (χ4v) is 1.29. The minimum absolute atomic E-state index is 0.0631. The van der Waals surface area contributed by atoms with E-state index in [9.17, 15) is 9.18 Å². The van der Waals surface area contributed by atoms with Crippen LogP contribution in [0.3, 0.4) is 0 Å². The van der Waals surface area contributed by atoms with Crippen LogP contribution in [0.2, 0.25) is 0 Å². The van der Waals surface area contributed by atoms with Crippen molar-refractivity contribution in [2.45, 2.75) is 0 Å². The summed E-state index contributed by atoms with van der Waals surface area (Å²) in [6, 6.07) is 3.87. The lowest BCUT2D eigenvalue weighted by Gasteiger charge is -2.07. The third-order valence-electron chi connectivity index (χ3n) is 2.20. The van der Waals surface area contributed by atoms with Crippen molar-refractivity contribution in [3.8, 4) is 0 Å². The molecule has 0 saturated carbocycles. The van der Waals surface area contributed by atoms with E-state index in [0.29, 0.717) is 32.1 Å². The Hall–Kier alpha value is -1.66. The summed E-state index contributed by atoms with van der Waals surface area (Å²) in [6.07, 6.45) is 0. The number of nitrogens with one attached hydrogen (secondary N) is 1. The molecule has 0 aliphatic carbocycles. The van der Waals surface area contributed by atoms with E-state index in [0.717, 1.165) is 0 Å². The third kappa shape index (κ3) is 4.68. The van der Waals surface area contributed by atoms with Crippen LogP contribution in [0.1, 0.15) is 10.4 Å². The highest BCUT2D eigenvalue weighted by molar-refractivity contribution is 5.95. The summed E-state index contributed by atoms with van der Waals surface area (Å²) in [5.74, 6) is -1.10. The number of hydrogen-bond acceptors (Lipinski definition) is 4. The Morgan fingerprint density at radius 2 is 2.17 bits per heavy atom. The number of nitrogens with two attached hydrogens (primary N) is 1. The maximum Gasteiger partial charge on any atom is 0.254 e. The van der Waals surface area contributed by atoms with Gasteiger partial charge in [0, 0.05) is 19.3 Å². The van der Waals surface area contributed by atoms with Crippen LogP contribution in [0.5, 0.6) is 0 Å². The van der Waals surface area contributed by atoms with Gasteiger partial charge in [-0.3, -0.25) is 4.79 Å². The van der Waals surface area contributed by atoms with Gasteiger partial charge < -0.3 is 20.5 Å². The molecule has 1 amide bonds. The zero-order valence-electron chi connectivity index (χ0n) is 10.2. The summed E-state index contributed by atoms with van der Waals surface area (Å²) < 4.78 is 23.3. The Kier molecular flexibility index (Phi) is 6.10. The lowest BCUT2D eigenvalue weighted by atomic mass is 10.2. The van der Waals surface area contributed by atoms with E-state index in [2.05, 4.69) is 5.32 Å². The molecule has 1 aromatic rings. The number of carbonyl (C=O) groups is 1. The van der Waals surface area contributed by atoms with E-state index in [1.807, 2.05) is 0 Å². The lowest BCUT2D eigenvalue weighted by molar-refractivity contribution is 0.0692. The molecule has 0 aliphatic heterocycles. The molecule has 0 aliphatic rings. The van der Waals surface area contributed by atoms with E-state index in [1.165, 1.54) is 18.2 Å². The van der Waals surface area contributed by atoms with Crippen molar-refractivity contribution in [3.63, 3.8) is 0 Å². The van der Waals surface area contributed by atoms with Crippen LogP contribution in [0, 0.1) is 5.82 Å². The summed E-state index contributed by atoms with van der Waals surface area (Å²) >= 11 is 0. The Bertz CT molecular complexity index is 399. The molecule has 0 radical (unpaired) electrons. The van der Waals surface area contributed by atoms with Gasteiger partial charge in [-0.1, -0.05) is 0 Å². The average molecular weight is 256 g/mol. The summed E-state index contributed by atoms with van der Waals surface area (Å²) in [6.45, 7) is 1.60. The van der Waals surface area contributed by atoms with E-state index in [-0.39, 0.29) is 5.56 Å². The van der Waals surface area contributed by atoms with Gasteiger partial charge in [0.2, 0.25) is 0 Å². The zero-order chi connectivity index (χ0) is 13.4. The molecule has 1 rings (SSSR count). The highest BCUT2D eigenvalue weighted by Crippen LogP contribution is 2.11. The molecule has 3 N–H and O–H groups in total. The van der Waals surface area contributed by atoms with Gasteiger partial charge >= 0.3 is 0 Å². The van der Waals surface area contributed by atoms with Gasteiger partial charge in [0.1, 0.15) is 5.82 Å². The van der Waals surface area contributed by atoms with Crippen molar-refractivity contribution < 1.29 is 18.7 Å². The first-order valence-corrected chi connectivity index (χ1v) is 5.55. The summed E-state index contributed by atoms with van der Waals surface area (Å²) in [4.78, 5) is 11.6. The number of rotatable bonds is 7. The number of hydrogen-bond donors (Lipinski definition) is 2. The van der Waals surface area contributed by atoms with Crippen LogP contribution in [0.25, 0.3) is 0 Å². The smallest absolute Gasteiger partial charge is 0.254 e. The fraction of sp³-hybridized carbons (Fsp3) is 0.417. The van der Waals surface area contributed by atoms with Crippen molar-refractivity contribution in [2.75, 3.05) is 39.2 Å². The van der Waals surface area contributed by atoms with Crippen LogP contribution in [0.4, 0.5) is 10.1 Å². The number of benzene rings is 1.